The van der Waals surface area contributed by atoms with Crippen molar-refractivity contribution < 1.29 is 4.74 Å². The molecule has 3 rings (SSSR count). The van der Waals surface area contributed by atoms with Crippen LogP contribution in [0.2, 0.25) is 0 Å². The molecule has 4 heteroatoms. The number of nitrogens with one attached hydrogen (secondary N) is 1. The molecular formula is C15H21BrN2O. The molecule has 1 heterocycles. The Kier molecular flexibility index (Phi) is 4.41. The van der Waals surface area contributed by atoms with Crippen molar-refractivity contribution in [3.63, 3.8) is 0 Å². The van der Waals surface area contributed by atoms with Gasteiger partial charge in [-0.1, -0.05) is 15.9 Å². The standard InChI is InChI=1S/C15H21BrN2O/c16-13-2-5-15(18-6-1-8-19-9-7-18)12(10-13)11-17-14-3-4-14/h2,5,10,14,17H,1,3-4,6-9,11H2. The van der Waals surface area contributed by atoms with E-state index in [-0.39, 0.29) is 0 Å². The van der Waals surface area contributed by atoms with Crippen molar-refractivity contribution >= 4 is 21.6 Å². The van der Waals surface area contributed by atoms with Crippen molar-refractivity contribution in [3.8, 4) is 0 Å². The summed E-state index contributed by atoms with van der Waals surface area (Å²) in [5, 5.41) is 3.62. The molecule has 1 aromatic rings. The number of hydrogen-bond donors (Lipinski definition) is 1. The number of benzene rings is 1. The van der Waals surface area contributed by atoms with Crippen LogP contribution >= 0.6 is 15.9 Å². The van der Waals surface area contributed by atoms with Crippen LogP contribution in [-0.2, 0) is 11.3 Å². The molecular weight excluding hydrogens is 304 g/mol. The van der Waals surface area contributed by atoms with E-state index in [0.29, 0.717) is 0 Å². The van der Waals surface area contributed by atoms with Crippen molar-refractivity contribution in [2.45, 2.75) is 31.8 Å². The molecule has 104 valence electrons. The molecule has 2 fully saturated rings. The van der Waals surface area contributed by atoms with E-state index in [0.717, 1.165) is 49.8 Å². The van der Waals surface area contributed by atoms with Gasteiger partial charge in [-0.2, -0.15) is 0 Å². The summed E-state index contributed by atoms with van der Waals surface area (Å²) in [7, 11) is 0. The quantitative estimate of drug-likeness (QED) is 0.921. The summed E-state index contributed by atoms with van der Waals surface area (Å²) in [5.74, 6) is 0. The fourth-order valence-corrected chi connectivity index (χ4v) is 2.94. The van der Waals surface area contributed by atoms with Crippen molar-refractivity contribution in [2.75, 3.05) is 31.2 Å². The molecule has 0 bridgehead atoms. The molecule has 0 atom stereocenters. The Balaban J connectivity index is 1.76. The van der Waals surface area contributed by atoms with Crippen molar-refractivity contribution in [1.82, 2.24) is 5.32 Å². The number of nitrogens with zero attached hydrogens (tertiary/aromatic N) is 1. The second-order valence-electron chi connectivity index (χ2n) is 5.38. The number of ether oxygens (including phenoxy) is 1. The van der Waals surface area contributed by atoms with Crippen LogP contribution in [0.3, 0.4) is 0 Å². The molecule has 2 aliphatic rings. The first-order chi connectivity index (χ1) is 9.33. The van der Waals surface area contributed by atoms with Gasteiger partial charge < -0.3 is 15.0 Å². The fraction of sp³-hybridized carbons (Fsp3) is 0.600. The monoisotopic (exact) mass is 324 g/mol. The largest absolute Gasteiger partial charge is 0.380 e. The average Bonchev–Trinajstić information content (AvgIpc) is 3.24. The Labute approximate surface area is 123 Å². The van der Waals surface area contributed by atoms with E-state index in [1.807, 2.05) is 0 Å². The molecule has 0 aromatic heterocycles. The van der Waals surface area contributed by atoms with Crippen molar-refractivity contribution in [2.24, 2.45) is 0 Å². The van der Waals surface area contributed by atoms with Crippen LogP contribution in [0.4, 0.5) is 5.69 Å². The van der Waals surface area contributed by atoms with E-state index in [4.69, 9.17) is 4.74 Å². The molecule has 0 unspecified atom stereocenters. The molecule has 1 saturated heterocycles. The van der Waals surface area contributed by atoms with Crippen LogP contribution in [0.15, 0.2) is 22.7 Å². The second-order valence-corrected chi connectivity index (χ2v) is 6.30. The molecule has 0 amide bonds. The highest BCUT2D eigenvalue weighted by Crippen LogP contribution is 2.27. The zero-order valence-electron chi connectivity index (χ0n) is 11.2. The second kappa shape index (κ2) is 6.25. The van der Waals surface area contributed by atoms with Gasteiger partial charge in [-0.15, -0.1) is 0 Å². The van der Waals surface area contributed by atoms with Gasteiger partial charge in [-0.25, -0.2) is 0 Å². The van der Waals surface area contributed by atoms with E-state index in [1.54, 1.807) is 0 Å². The Morgan fingerprint density at radius 2 is 2.16 bits per heavy atom. The lowest BCUT2D eigenvalue weighted by Crippen LogP contribution is -2.28. The minimum absolute atomic E-state index is 0.749. The predicted molar refractivity (Wildman–Crippen MR) is 81.7 cm³/mol. The molecule has 1 aliphatic carbocycles. The minimum atomic E-state index is 0.749. The number of halogens is 1. The third-order valence-corrected chi connectivity index (χ3v) is 4.26. The highest BCUT2D eigenvalue weighted by atomic mass is 79.9. The van der Waals surface area contributed by atoms with Crippen molar-refractivity contribution in [3.05, 3.63) is 28.2 Å². The molecule has 1 N–H and O–H groups in total. The molecule has 1 aromatic carbocycles. The lowest BCUT2D eigenvalue weighted by Gasteiger charge is -2.25. The Morgan fingerprint density at radius 3 is 3.00 bits per heavy atom. The number of rotatable bonds is 4. The topological polar surface area (TPSA) is 24.5 Å². The SMILES string of the molecule is Brc1ccc(N2CCCOCC2)c(CNC2CC2)c1. The van der Waals surface area contributed by atoms with Crippen LogP contribution in [0.1, 0.15) is 24.8 Å². The van der Waals surface area contributed by atoms with Crippen LogP contribution < -0.4 is 10.2 Å². The molecule has 0 radical (unpaired) electrons. The van der Waals surface area contributed by atoms with Gasteiger partial charge in [0.15, 0.2) is 0 Å². The summed E-state index contributed by atoms with van der Waals surface area (Å²) in [5.41, 5.74) is 2.75. The van der Waals surface area contributed by atoms with Gasteiger partial charge in [0.25, 0.3) is 0 Å². The van der Waals surface area contributed by atoms with Gasteiger partial charge in [-0.3, -0.25) is 0 Å². The third-order valence-electron chi connectivity index (χ3n) is 3.76. The predicted octanol–water partition coefficient (Wildman–Crippen LogP) is 2.93. The first kappa shape index (κ1) is 13.4. The molecule has 19 heavy (non-hydrogen) atoms. The summed E-state index contributed by atoms with van der Waals surface area (Å²) < 4.78 is 6.71. The van der Waals surface area contributed by atoms with E-state index in [1.165, 1.54) is 24.1 Å². The smallest absolute Gasteiger partial charge is 0.0641 e. The number of hydrogen-bond acceptors (Lipinski definition) is 3. The molecule has 0 spiro atoms. The van der Waals surface area contributed by atoms with E-state index < -0.39 is 0 Å². The highest BCUT2D eigenvalue weighted by Gasteiger charge is 2.21. The third kappa shape index (κ3) is 3.71. The first-order valence-electron chi connectivity index (χ1n) is 7.17. The summed E-state index contributed by atoms with van der Waals surface area (Å²) in [6.07, 6.45) is 3.79. The Hall–Kier alpha value is -0.580. The van der Waals surface area contributed by atoms with Gasteiger partial charge in [-0.05, 0) is 43.0 Å². The molecule has 1 aliphatic heterocycles. The van der Waals surface area contributed by atoms with Gasteiger partial charge in [0, 0.05) is 42.4 Å². The van der Waals surface area contributed by atoms with E-state index in [9.17, 15) is 0 Å². The van der Waals surface area contributed by atoms with Gasteiger partial charge >= 0.3 is 0 Å². The zero-order valence-corrected chi connectivity index (χ0v) is 12.8. The maximum atomic E-state index is 5.55. The fourth-order valence-electron chi connectivity index (χ4n) is 2.53. The maximum Gasteiger partial charge on any atom is 0.0641 e. The first-order valence-corrected chi connectivity index (χ1v) is 7.97. The summed E-state index contributed by atoms with van der Waals surface area (Å²) in [4.78, 5) is 2.46. The van der Waals surface area contributed by atoms with E-state index >= 15 is 0 Å². The van der Waals surface area contributed by atoms with Gasteiger partial charge in [0.05, 0.1) is 6.61 Å². The van der Waals surface area contributed by atoms with Crippen LogP contribution in [0.5, 0.6) is 0 Å². The Bertz CT molecular complexity index is 426. The summed E-state index contributed by atoms with van der Waals surface area (Å²) >= 11 is 3.59. The average molecular weight is 325 g/mol. The summed E-state index contributed by atoms with van der Waals surface area (Å²) in [6.45, 7) is 4.79. The highest BCUT2D eigenvalue weighted by molar-refractivity contribution is 9.10. The molecule has 3 nitrogen and oxygen atoms in total. The lowest BCUT2D eigenvalue weighted by atomic mass is 10.1. The van der Waals surface area contributed by atoms with E-state index in [2.05, 4.69) is 44.3 Å². The normalized spacial score (nSPS) is 20.4. The lowest BCUT2D eigenvalue weighted by molar-refractivity contribution is 0.152. The minimum Gasteiger partial charge on any atom is -0.380 e. The molecule has 1 saturated carbocycles. The Morgan fingerprint density at radius 1 is 1.26 bits per heavy atom. The van der Waals surface area contributed by atoms with Crippen molar-refractivity contribution in [1.29, 1.82) is 0 Å². The van der Waals surface area contributed by atoms with Gasteiger partial charge in [0.1, 0.15) is 0 Å². The van der Waals surface area contributed by atoms with Gasteiger partial charge in [0.2, 0.25) is 0 Å². The van der Waals surface area contributed by atoms with Crippen LogP contribution in [-0.4, -0.2) is 32.3 Å². The summed E-state index contributed by atoms with van der Waals surface area (Å²) in [6, 6.07) is 7.37. The van der Waals surface area contributed by atoms with Crippen LogP contribution in [0.25, 0.3) is 0 Å². The van der Waals surface area contributed by atoms with Crippen LogP contribution in [0, 0.1) is 0 Å². The number of anilines is 1. The zero-order chi connectivity index (χ0) is 13.1. The maximum absolute atomic E-state index is 5.55.